The summed E-state index contributed by atoms with van der Waals surface area (Å²) in [6.07, 6.45) is 0. The van der Waals surface area contributed by atoms with Gasteiger partial charge in [-0.05, 0) is 9.95 Å². The summed E-state index contributed by atoms with van der Waals surface area (Å²) in [4.78, 5) is 11.4. The van der Waals surface area contributed by atoms with E-state index in [1.165, 1.54) is 7.11 Å². The molecular formula is C10H8BBrO2. The molecule has 4 heteroatoms. The molecule has 2 radical (unpaired) electrons. The van der Waals surface area contributed by atoms with E-state index in [0.29, 0.717) is 5.57 Å². The minimum atomic E-state index is -0.453. The van der Waals surface area contributed by atoms with Gasteiger partial charge in [0.15, 0.2) is 0 Å². The van der Waals surface area contributed by atoms with Crippen molar-refractivity contribution in [2.24, 2.45) is 0 Å². The number of methoxy groups -OCH3 is 1. The molecule has 0 atom stereocenters. The Kier molecular flexibility index (Phi) is 3.95. The predicted octanol–water partition coefficient (Wildman–Crippen LogP) is 2.09. The minimum Gasteiger partial charge on any atom is -0.465 e. The van der Waals surface area contributed by atoms with Gasteiger partial charge in [0.1, 0.15) is 7.85 Å². The van der Waals surface area contributed by atoms with E-state index in [0.717, 1.165) is 5.56 Å². The standard InChI is InChI=1S/C10H8BBrO2/c1-14-10(13)8(9(11)12)7-5-3-2-4-6-7/h2-6H,1H3. The fourth-order valence-electron chi connectivity index (χ4n) is 1.06. The summed E-state index contributed by atoms with van der Waals surface area (Å²) in [7, 11) is 6.86. The third-order valence-corrected chi connectivity index (χ3v) is 2.09. The van der Waals surface area contributed by atoms with Gasteiger partial charge in [0.05, 0.1) is 12.7 Å². The van der Waals surface area contributed by atoms with E-state index in [4.69, 9.17) is 7.85 Å². The monoisotopic (exact) mass is 250 g/mol. The summed E-state index contributed by atoms with van der Waals surface area (Å²) in [5, 5.41) is 0. The number of benzene rings is 1. The lowest BCUT2D eigenvalue weighted by Gasteiger charge is -2.06. The summed E-state index contributed by atoms with van der Waals surface area (Å²) in [6, 6.07) is 9.10. The van der Waals surface area contributed by atoms with Crippen molar-refractivity contribution in [2.75, 3.05) is 7.11 Å². The molecular weight excluding hydrogens is 243 g/mol. The zero-order chi connectivity index (χ0) is 10.6. The Labute approximate surface area is 92.5 Å². The number of hydrogen-bond donors (Lipinski definition) is 0. The number of carbonyl (C=O) groups excluding carboxylic acids is 1. The Bertz CT molecular complexity index is 356. The van der Waals surface area contributed by atoms with Gasteiger partial charge in [0.2, 0.25) is 0 Å². The van der Waals surface area contributed by atoms with Crippen LogP contribution in [0.25, 0.3) is 5.57 Å². The first kappa shape index (κ1) is 11.1. The second kappa shape index (κ2) is 5.01. The van der Waals surface area contributed by atoms with Crippen LogP contribution in [-0.4, -0.2) is 20.9 Å². The molecule has 1 aromatic carbocycles. The fraction of sp³-hybridized carbons (Fsp3) is 0.100. The summed E-state index contributed by atoms with van der Waals surface area (Å²) < 4.78 is 4.89. The van der Waals surface area contributed by atoms with E-state index >= 15 is 0 Å². The molecule has 14 heavy (non-hydrogen) atoms. The molecule has 70 valence electrons. The van der Waals surface area contributed by atoms with Crippen LogP contribution in [0.1, 0.15) is 5.56 Å². The van der Waals surface area contributed by atoms with Gasteiger partial charge in [-0.1, -0.05) is 46.3 Å². The van der Waals surface area contributed by atoms with Crippen molar-refractivity contribution in [1.82, 2.24) is 0 Å². The number of carbonyl (C=O) groups is 1. The Balaban J connectivity index is 3.16. The van der Waals surface area contributed by atoms with Crippen LogP contribution in [0.2, 0.25) is 0 Å². The maximum atomic E-state index is 11.4. The number of rotatable bonds is 2. The first-order chi connectivity index (χ1) is 6.66. The highest BCUT2D eigenvalue weighted by molar-refractivity contribution is 9.12. The van der Waals surface area contributed by atoms with Crippen LogP contribution >= 0.6 is 15.9 Å². The summed E-state index contributed by atoms with van der Waals surface area (Å²) in [5.74, 6) is -0.453. The van der Waals surface area contributed by atoms with E-state index in [1.807, 2.05) is 18.2 Å². The van der Waals surface area contributed by atoms with Crippen LogP contribution in [0.4, 0.5) is 0 Å². The largest absolute Gasteiger partial charge is 0.465 e. The van der Waals surface area contributed by atoms with Crippen molar-refractivity contribution in [2.45, 2.75) is 0 Å². The molecule has 0 saturated carbocycles. The Hall–Kier alpha value is -1.03. The molecule has 0 heterocycles. The van der Waals surface area contributed by atoms with Gasteiger partial charge >= 0.3 is 5.97 Å². The van der Waals surface area contributed by atoms with Crippen molar-refractivity contribution in [1.29, 1.82) is 0 Å². The van der Waals surface area contributed by atoms with Crippen molar-refractivity contribution >= 4 is 35.3 Å². The Morgan fingerprint density at radius 3 is 2.36 bits per heavy atom. The number of hydrogen-bond acceptors (Lipinski definition) is 2. The zero-order valence-corrected chi connectivity index (χ0v) is 9.24. The van der Waals surface area contributed by atoms with E-state index < -0.39 is 5.97 Å². The molecule has 0 bridgehead atoms. The lowest BCUT2D eigenvalue weighted by Crippen LogP contribution is -2.05. The third kappa shape index (κ3) is 2.48. The first-order valence-corrected chi connectivity index (χ1v) is 4.75. The van der Waals surface area contributed by atoms with Crippen LogP contribution in [0.15, 0.2) is 34.7 Å². The van der Waals surface area contributed by atoms with Gasteiger partial charge in [0.25, 0.3) is 0 Å². The molecule has 0 aliphatic rings. The van der Waals surface area contributed by atoms with E-state index in [2.05, 4.69) is 20.7 Å². The number of ether oxygens (including phenoxy) is 1. The van der Waals surface area contributed by atoms with Gasteiger partial charge in [-0.15, -0.1) is 0 Å². The highest BCUT2D eigenvalue weighted by atomic mass is 79.9. The van der Waals surface area contributed by atoms with Crippen LogP contribution < -0.4 is 0 Å². The van der Waals surface area contributed by atoms with E-state index in [1.54, 1.807) is 12.1 Å². The highest BCUT2D eigenvalue weighted by Crippen LogP contribution is 2.21. The second-order valence-corrected chi connectivity index (χ2v) is 3.43. The lowest BCUT2D eigenvalue weighted by molar-refractivity contribution is -0.133. The van der Waals surface area contributed by atoms with Gasteiger partial charge in [-0.3, -0.25) is 0 Å². The average Bonchev–Trinajstić information content (AvgIpc) is 2.19. The maximum absolute atomic E-state index is 11.4. The van der Waals surface area contributed by atoms with Gasteiger partial charge in [0, 0.05) is 0 Å². The van der Waals surface area contributed by atoms with Crippen molar-refractivity contribution < 1.29 is 9.53 Å². The Morgan fingerprint density at radius 2 is 1.93 bits per heavy atom. The molecule has 2 nitrogen and oxygen atoms in total. The predicted molar refractivity (Wildman–Crippen MR) is 60.1 cm³/mol. The zero-order valence-electron chi connectivity index (χ0n) is 7.66. The fourth-order valence-corrected chi connectivity index (χ4v) is 1.45. The summed E-state index contributed by atoms with van der Waals surface area (Å²) in [6.45, 7) is 0. The average molecular weight is 251 g/mol. The SMILES string of the molecule is [B]C(Br)=C(C(=O)OC)c1ccccc1. The van der Waals surface area contributed by atoms with Crippen molar-refractivity contribution in [3.8, 4) is 0 Å². The van der Waals surface area contributed by atoms with E-state index in [-0.39, 0.29) is 4.38 Å². The summed E-state index contributed by atoms with van der Waals surface area (Å²) >= 11 is 3.08. The van der Waals surface area contributed by atoms with Crippen LogP contribution in [0.5, 0.6) is 0 Å². The Morgan fingerprint density at radius 1 is 1.36 bits per heavy atom. The van der Waals surface area contributed by atoms with Gasteiger partial charge in [-0.2, -0.15) is 0 Å². The van der Waals surface area contributed by atoms with E-state index in [9.17, 15) is 4.79 Å². The molecule has 0 fully saturated rings. The number of halogens is 1. The maximum Gasteiger partial charge on any atom is 0.338 e. The molecule has 0 spiro atoms. The normalized spacial score (nSPS) is 11.9. The van der Waals surface area contributed by atoms with Crippen molar-refractivity contribution in [3.63, 3.8) is 0 Å². The third-order valence-electron chi connectivity index (χ3n) is 1.69. The molecule has 0 unspecified atom stereocenters. The lowest BCUT2D eigenvalue weighted by atomic mass is 9.98. The highest BCUT2D eigenvalue weighted by Gasteiger charge is 2.13. The van der Waals surface area contributed by atoms with Gasteiger partial charge < -0.3 is 4.74 Å². The molecule has 0 aliphatic carbocycles. The topological polar surface area (TPSA) is 26.3 Å². The van der Waals surface area contributed by atoms with Crippen LogP contribution in [0, 0.1) is 0 Å². The van der Waals surface area contributed by atoms with Crippen LogP contribution in [-0.2, 0) is 9.53 Å². The summed E-state index contributed by atoms with van der Waals surface area (Å²) in [5.41, 5.74) is 1.07. The quantitative estimate of drug-likeness (QED) is 0.457. The van der Waals surface area contributed by atoms with Crippen molar-refractivity contribution in [3.05, 3.63) is 40.3 Å². The smallest absolute Gasteiger partial charge is 0.338 e. The first-order valence-electron chi connectivity index (χ1n) is 3.95. The molecule has 1 aromatic rings. The minimum absolute atomic E-state index is 0.274. The van der Waals surface area contributed by atoms with Crippen LogP contribution in [0.3, 0.4) is 0 Å². The molecule has 0 aliphatic heterocycles. The molecule has 0 saturated heterocycles. The molecule has 0 amide bonds. The second-order valence-electron chi connectivity index (χ2n) is 2.58. The molecule has 1 rings (SSSR count). The molecule has 0 aromatic heterocycles. The number of esters is 1. The van der Waals surface area contributed by atoms with Gasteiger partial charge in [-0.25, -0.2) is 4.79 Å². The molecule has 0 N–H and O–H groups in total.